The first kappa shape index (κ1) is 15.9. The van der Waals surface area contributed by atoms with E-state index >= 15 is 0 Å². The number of ether oxygens (including phenoxy) is 1. The smallest absolute Gasteiger partial charge is 0.0926 e. The molecule has 0 aliphatic carbocycles. The number of morpholine rings is 1. The van der Waals surface area contributed by atoms with Gasteiger partial charge in [0.05, 0.1) is 25.5 Å². The predicted molar refractivity (Wildman–Crippen MR) is 84.6 cm³/mol. The molecule has 1 aromatic rings. The van der Waals surface area contributed by atoms with Crippen molar-refractivity contribution in [1.29, 1.82) is 0 Å². The lowest BCUT2D eigenvalue weighted by Crippen LogP contribution is -2.55. The van der Waals surface area contributed by atoms with Gasteiger partial charge in [-0.3, -0.25) is 14.5 Å². The van der Waals surface area contributed by atoms with Crippen LogP contribution in [-0.2, 0) is 31.4 Å². The summed E-state index contributed by atoms with van der Waals surface area (Å²) in [5.74, 6) is 0. The Bertz CT molecular complexity index is 520. The summed E-state index contributed by atoms with van der Waals surface area (Å²) in [6.45, 7) is 11.4. The largest absolute Gasteiger partial charge is 0.390 e. The van der Waals surface area contributed by atoms with Crippen LogP contribution in [0.15, 0.2) is 0 Å². The molecule has 0 amide bonds. The molecular weight excluding hydrogens is 280 g/mol. The average molecular weight is 308 g/mol. The van der Waals surface area contributed by atoms with Crippen LogP contribution >= 0.6 is 0 Å². The second-order valence-corrected chi connectivity index (χ2v) is 7.03. The molecule has 3 heterocycles. The first-order chi connectivity index (χ1) is 10.5. The number of hydrogen-bond acceptors (Lipinski definition) is 5. The van der Waals surface area contributed by atoms with Gasteiger partial charge in [0.1, 0.15) is 0 Å². The molecule has 2 aliphatic rings. The van der Waals surface area contributed by atoms with Gasteiger partial charge >= 0.3 is 0 Å². The zero-order valence-corrected chi connectivity index (χ0v) is 14.0. The number of aromatic nitrogens is 2. The lowest BCUT2D eigenvalue weighted by atomic mass is 9.98. The Balaban J connectivity index is 1.69. The highest BCUT2D eigenvalue weighted by Crippen LogP contribution is 2.25. The minimum Gasteiger partial charge on any atom is -0.390 e. The summed E-state index contributed by atoms with van der Waals surface area (Å²) in [5.41, 5.74) is 3.49. The summed E-state index contributed by atoms with van der Waals surface area (Å²) in [4.78, 5) is 5.03. The molecule has 0 saturated carbocycles. The van der Waals surface area contributed by atoms with Gasteiger partial charge in [-0.15, -0.1) is 0 Å². The van der Waals surface area contributed by atoms with Gasteiger partial charge in [0.25, 0.3) is 0 Å². The highest BCUT2D eigenvalue weighted by Gasteiger charge is 2.32. The standard InChI is InChI=1S/C16H28N4O2/c1-16(2,20-6-8-22-9-7-20)12-19-5-4-15-13(10-19)14(11-21)17-18(15)3/h21H,4-12H2,1-3H3. The van der Waals surface area contributed by atoms with E-state index in [9.17, 15) is 5.11 Å². The molecular formula is C16H28N4O2. The van der Waals surface area contributed by atoms with Gasteiger partial charge < -0.3 is 9.84 Å². The number of rotatable bonds is 4. The van der Waals surface area contributed by atoms with E-state index in [1.54, 1.807) is 0 Å². The summed E-state index contributed by atoms with van der Waals surface area (Å²) in [6, 6.07) is 0. The Kier molecular flexibility index (Phi) is 4.54. The van der Waals surface area contributed by atoms with Crippen LogP contribution in [0.4, 0.5) is 0 Å². The summed E-state index contributed by atoms with van der Waals surface area (Å²) in [5, 5.41) is 14.0. The minimum absolute atomic E-state index is 0.0316. The molecule has 0 spiro atoms. The van der Waals surface area contributed by atoms with Crippen LogP contribution in [0, 0.1) is 0 Å². The number of aryl methyl sites for hydroxylation is 1. The quantitative estimate of drug-likeness (QED) is 0.872. The molecule has 1 N–H and O–H groups in total. The second kappa shape index (κ2) is 6.28. The van der Waals surface area contributed by atoms with Crippen molar-refractivity contribution in [3.05, 3.63) is 17.0 Å². The maximum atomic E-state index is 9.51. The number of aliphatic hydroxyl groups excluding tert-OH is 1. The fraction of sp³-hybridized carbons (Fsp3) is 0.812. The molecule has 0 aromatic carbocycles. The van der Waals surface area contributed by atoms with Crippen molar-refractivity contribution in [2.75, 3.05) is 39.4 Å². The van der Waals surface area contributed by atoms with Gasteiger partial charge in [-0.1, -0.05) is 0 Å². The molecule has 1 aromatic heterocycles. The predicted octanol–water partition coefficient (Wildman–Crippen LogP) is 0.381. The lowest BCUT2D eigenvalue weighted by molar-refractivity contribution is -0.0231. The average Bonchev–Trinajstić information content (AvgIpc) is 2.83. The maximum Gasteiger partial charge on any atom is 0.0926 e. The molecule has 6 nitrogen and oxygen atoms in total. The normalized spacial score (nSPS) is 21.1. The first-order valence-electron chi connectivity index (χ1n) is 8.21. The van der Waals surface area contributed by atoms with Crippen LogP contribution in [0.2, 0.25) is 0 Å². The number of aliphatic hydroxyl groups is 1. The number of nitrogens with zero attached hydrogens (tertiary/aromatic N) is 4. The van der Waals surface area contributed by atoms with Crippen molar-refractivity contribution < 1.29 is 9.84 Å². The molecule has 0 bridgehead atoms. The van der Waals surface area contributed by atoms with E-state index in [0.29, 0.717) is 0 Å². The van der Waals surface area contributed by atoms with Gasteiger partial charge in [-0.05, 0) is 13.8 Å². The molecule has 1 saturated heterocycles. The highest BCUT2D eigenvalue weighted by molar-refractivity contribution is 5.28. The van der Waals surface area contributed by atoms with E-state index in [2.05, 4.69) is 28.7 Å². The lowest BCUT2D eigenvalue weighted by Gasteiger charge is -2.44. The molecule has 6 heteroatoms. The maximum absolute atomic E-state index is 9.51. The van der Waals surface area contributed by atoms with Crippen molar-refractivity contribution >= 4 is 0 Å². The zero-order chi connectivity index (χ0) is 15.7. The molecule has 124 valence electrons. The fourth-order valence-corrected chi connectivity index (χ4v) is 3.80. The van der Waals surface area contributed by atoms with Crippen LogP contribution in [0.1, 0.15) is 30.8 Å². The Morgan fingerprint density at radius 3 is 2.64 bits per heavy atom. The van der Waals surface area contributed by atoms with Crippen molar-refractivity contribution in [3.8, 4) is 0 Å². The van der Waals surface area contributed by atoms with Crippen LogP contribution < -0.4 is 0 Å². The molecule has 1 fully saturated rings. The monoisotopic (exact) mass is 308 g/mol. The fourth-order valence-electron chi connectivity index (χ4n) is 3.80. The summed E-state index contributed by atoms with van der Waals surface area (Å²) in [7, 11) is 1.98. The van der Waals surface area contributed by atoms with Crippen LogP contribution in [-0.4, -0.2) is 69.6 Å². The van der Waals surface area contributed by atoms with Crippen LogP contribution in [0.5, 0.6) is 0 Å². The molecule has 2 aliphatic heterocycles. The molecule has 0 radical (unpaired) electrons. The van der Waals surface area contributed by atoms with E-state index in [0.717, 1.165) is 58.1 Å². The molecule has 0 atom stereocenters. The summed E-state index contributed by atoms with van der Waals surface area (Å²) in [6.07, 6.45) is 1.01. The van der Waals surface area contributed by atoms with Crippen molar-refractivity contribution in [1.82, 2.24) is 19.6 Å². The summed E-state index contributed by atoms with van der Waals surface area (Å²) >= 11 is 0. The third-order valence-electron chi connectivity index (χ3n) is 5.03. The number of fused-ring (bicyclic) bond motifs is 1. The van der Waals surface area contributed by atoms with Crippen molar-refractivity contribution in [3.63, 3.8) is 0 Å². The van der Waals surface area contributed by atoms with Gasteiger partial charge in [0, 0.05) is 63.0 Å². The van der Waals surface area contributed by atoms with Gasteiger partial charge in [0.2, 0.25) is 0 Å². The Morgan fingerprint density at radius 2 is 1.95 bits per heavy atom. The zero-order valence-electron chi connectivity index (χ0n) is 14.0. The van der Waals surface area contributed by atoms with Crippen LogP contribution in [0.25, 0.3) is 0 Å². The van der Waals surface area contributed by atoms with Crippen molar-refractivity contribution in [2.45, 2.75) is 39.0 Å². The third-order valence-corrected chi connectivity index (χ3v) is 5.03. The Labute approximate surface area is 132 Å². The minimum atomic E-state index is 0.0316. The topological polar surface area (TPSA) is 53.8 Å². The van der Waals surface area contributed by atoms with Gasteiger partial charge in [-0.2, -0.15) is 5.10 Å². The van der Waals surface area contributed by atoms with E-state index in [1.807, 2.05) is 11.7 Å². The second-order valence-electron chi connectivity index (χ2n) is 7.03. The Hall–Kier alpha value is -0.950. The highest BCUT2D eigenvalue weighted by atomic mass is 16.5. The van der Waals surface area contributed by atoms with E-state index in [4.69, 9.17) is 4.74 Å². The Morgan fingerprint density at radius 1 is 1.23 bits per heavy atom. The summed E-state index contributed by atoms with van der Waals surface area (Å²) < 4.78 is 7.41. The molecule has 3 rings (SSSR count). The van der Waals surface area contributed by atoms with E-state index in [-0.39, 0.29) is 12.1 Å². The van der Waals surface area contributed by atoms with E-state index < -0.39 is 0 Å². The molecule has 22 heavy (non-hydrogen) atoms. The van der Waals surface area contributed by atoms with Gasteiger partial charge in [0.15, 0.2) is 0 Å². The first-order valence-corrected chi connectivity index (χ1v) is 8.21. The molecule has 0 unspecified atom stereocenters. The van der Waals surface area contributed by atoms with Gasteiger partial charge in [-0.25, -0.2) is 0 Å². The number of hydrogen-bond donors (Lipinski definition) is 1. The van der Waals surface area contributed by atoms with Crippen LogP contribution in [0.3, 0.4) is 0 Å². The SMILES string of the molecule is Cn1nc(CO)c2c1CCN(CC(C)(C)N1CCOCC1)C2. The third kappa shape index (κ3) is 3.06. The van der Waals surface area contributed by atoms with Crippen molar-refractivity contribution in [2.24, 2.45) is 7.05 Å². The van der Waals surface area contributed by atoms with E-state index in [1.165, 1.54) is 11.3 Å².